The van der Waals surface area contributed by atoms with Crippen molar-refractivity contribution in [2.24, 2.45) is 5.92 Å². The van der Waals surface area contributed by atoms with Crippen LogP contribution in [-0.2, 0) is 25.6 Å². The van der Waals surface area contributed by atoms with Gasteiger partial charge in [0.05, 0.1) is 24.2 Å². The van der Waals surface area contributed by atoms with Crippen LogP contribution in [0.2, 0.25) is 0 Å². The zero-order chi connectivity index (χ0) is 19.9. The van der Waals surface area contributed by atoms with E-state index in [1.807, 2.05) is 31.2 Å². The number of hydrogen-bond acceptors (Lipinski definition) is 5. The molecule has 0 radical (unpaired) electrons. The molecule has 1 saturated carbocycles. The van der Waals surface area contributed by atoms with E-state index in [4.69, 9.17) is 8.92 Å². The SMILES string of the molecule is COc1ccc(CN2C(=O)[C@H]3C[C@@H]2[C@H](OS(=O)(=O)c2ccc(C)cc2)C3)cc1. The first-order valence-corrected chi connectivity index (χ1v) is 10.7. The highest BCUT2D eigenvalue weighted by atomic mass is 32.2. The lowest BCUT2D eigenvalue weighted by atomic mass is 10.1. The fourth-order valence-electron chi connectivity index (χ4n) is 4.05. The lowest BCUT2D eigenvalue weighted by Gasteiger charge is -2.32. The summed E-state index contributed by atoms with van der Waals surface area (Å²) in [5.74, 6) is 0.665. The maximum atomic E-state index is 12.7. The van der Waals surface area contributed by atoms with Crippen LogP contribution in [0.4, 0.5) is 0 Å². The Bertz CT molecular complexity index is 969. The Morgan fingerprint density at radius 2 is 1.71 bits per heavy atom. The van der Waals surface area contributed by atoms with Gasteiger partial charge in [0, 0.05) is 12.5 Å². The van der Waals surface area contributed by atoms with Crippen LogP contribution in [0, 0.1) is 12.8 Å². The van der Waals surface area contributed by atoms with Crippen molar-refractivity contribution < 1.29 is 22.1 Å². The van der Waals surface area contributed by atoms with Crippen LogP contribution in [0.5, 0.6) is 5.75 Å². The van der Waals surface area contributed by atoms with E-state index < -0.39 is 16.2 Å². The van der Waals surface area contributed by atoms with Crippen LogP contribution in [0.3, 0.4) is 0 Å². The molecule has 1 aliphatic carbocycles. The van der Waals surface area contributed by atoms with Crippen molar-refractivity contribution in [3.05, 3.63) is 59.7 Å². The van der Waals surface area contributed by atoms with E-state index in [2.05, 4.69) is 0 Å². The van der Waals surface area contributed by atoms with E-state index in [9.17, 15) is 13.2 Å². The van der Waals surface area contributed by atoms with Gasteiger partial charge in [-0.2, -0.15) is 8.42 Å². The van der Waals surface area contributed by atoms with Crippen LogP contribution in [0.25, 0.3) is 0 Å². The third-order valence-electron chi connectivity index (χ3n) is 5.58. The van der Waals surface area contributed by atoms with Crippen molar-refractivity contribution >= 4 is 16.0 Å². The molecule has 6 nitrogen and oxygen atoms in total. The summed E-state index contributed by atoms with van der Waals surface area (Å²) in [6, 6.07) is 13.9. The van der Waals surface area contributed by atoms with E-state index in [1.54, 1.807) is 36.3 Å². The fourth-order valence-corrected chi connectivity index (χ4v) is 5.17. The third-order valence-corrected chi connectivity index (χ3v) is 6.93. The Balaban J connectivity index is 1.49. The number of carbonyl (C=O) groups excluding carboxylic acids is 1. The van der Waals surface area contributed by atoms with Gasteiger partial charge in [-0.1, -0.05) is 29.8 Å². The van der Waals surface area contributed by atoms with Gasteiger partial charge in [-0.25, -0.2) is 0 Å². The average Bonchev–Trinajstić information content (AvgIpc) is 3.21. The molecule has 3 atom stereocenters. The Hall–Kier alpha value is -2.38. The van der Waals surface area contributed by atoms with Gasteiger partial charge in [0.15, 0.2) is 0 Å². The second-order valence-electron chi connectivity index (χ2n) is 7.45. The van der Waals surface area contributed by atoms with Gasteiger partial charge in [-0.05, 0) is 49.6 Å². The van der Waals surface area contributed by atoms with Gasteiger partial charge in [0.2, 0.25) is 5.91 Å². The topological polar surface area (TPSA) is 72.9 Å². The normalized spacial score (nSPS) is 24.0. The van der Waals surface area contributed by atoms with E-state index >= 15 is 0 Å². The van der Waals surface area contributed by atoms with Crippen molar-refractivity contribution in [2.45, 2.75) is 43.4 Å². The van der Waals surface area contributed by atoms with Crippen LogP contribution in [-0.4, -0.2) is 38.5 Å². The molecule has 0 aromatic heterocycles. The molecule has 1 amide bonds. The number of rotatable bonds is 6. The summed E-state index contributed by atoms with van der Waals surface area (Å²) in [5, 5.41) is 0. The molecular weight excluding hydrogens is 378 g/mol. The van der Waals surface area contributed by atoms with E-state index in [1.165, 1.54) is 0 Å². The van der Waals surface area contributed by atoms with Crippen molar-refractivity contribution in [1.82, 2.24) is 4.90 Å². The summed E-state index contributed by atoms with van der Waals surface area (Å²) in [6.07, 6.45) is 0.587. The summed E-state index contributed by atoms with van der Waals surface area (Å²) in [6.45, 7) is 2.34. The molecule has 148 valence electrons. The molecule has 1 aliphatic heterocycles. The molecule has 0 spiro atoms. The monoisotopic (exact) mass is 401 g/mol. The molecule has 0 N–H and O–H groups in total. The molecule has 2 aromatic carbocycles. The maximum Gasteiger partial charge on any atom is 0.297 e. The van der Waals surface area contributed by atoms with Crippen LogP contribution < -0.4 is 4.74 Å². The first kappa shape index (κ1) is 19.0. The highest BCUT2D eigenvalue weighted by Crippen LogP contribution is 2.42. The smallest absolute Gasteiger partial charge is 0.297 e. The minimum Gasteiger partial charge on any atom is -0.497 e. The average molecular weight is 401 g/mol. The third kappa shape index (κ3) is 3.52. The molecule has 2 bridgehead atoms. The molecule has 28 heavy (non-hydrogen) atoms. The number of nitrogens with zero attached hydrogens (tertiary/aromatic N) is 1. The number of hydrogen-bond donors (Lipinski definition) is 0. The van der Waals surface area contributed by atoms with Gasteiger partial charge in [-0.15, -0.1) is 0 Å². The largest absolute Gasteiger partial charge is 0.497 e. The second kappa shape index (κ2) is 7.22. The van der Waals surface area contributed by atoms with Gasteiger partial charge >= 0.3 is 0 Å². The number of methoxy groups -OCH3 is 1. The summed E-state index contributed by atoms with van der Waals surface area (Å²) in [4.78, 5) is 14.5. The summed E-state index contributed by atoms with van der Waals surface area (Å²) < 4.78 is 36.0. The lowest BCUT2D eigenvalue weighted by Crippen LogP contribution is -2.45. The predicted molar refractivity (Wildman–Crippen MR) is 103 cm³/mol. The van der Waals surface area contributed by atoms with Gasteiger partial charge < -0.3 is 9.64 Å². The number of ether oxygens (including phenoxy) is 1. The molecule has 1 saturated heterocycles. The fraction of sp³-hybridized carbons (Fsp3) is 0.381. The molecule has 2 aliphatic rings. The van der Waals surface area contributed by atoms with Gasteiger partial charge in [0.1, 0.15) is 5.75 Å². The number of likely N-dealkylation sites (tertiary alicyclic amines) is 1. The Labute approximate surface area is 165 Å². The minimum absolute atomic E-state index is 0.0772. The standard InChI is InChI=1S/C21H23NO5S/c1-14-3-9-18(10-4-14)28(24,25)27-20-12-16-11-19(20)22(21(16)23)13-15-5-7-17(26-2)8-6-15/h3-10,16,19-20H,11-13H2,1-2H3/t16-,19+,20+/m0/s1. The van der Waals surface area contributed by atoms with Crippen molar-refractivity contribution in [1.29, 1.82) is 0 Å². The molecule has 2 aromatic rings. The molecule has 1 heterocycles. The van der Waals surface area contributed by atoms with E-state index in [0.717, 1.165) is 16.9 Å². The highest BCUT2D eigenvalue weighted by molar-refractivity contribution is 7.86. The van der Waals surface area contributed by atoms with Crippen molar-refractivity contribution in [3.8, 4) is 5.75 Å². The summed E-state index contributed by atoms with van der Waals surface area (Å²) in [5.41, 5.74) is 1.96. The number of carbonyl (C=O) groups is 1. The quantitative estimate of drug-likeness (QED) is 0.696. The number of aryl methyl sites for hydroxylation is 1. The van der Waals surface area contributed by atoms with Crippen LogP contribution >= 0.6 is 0 Å². The van der Waals surface area contributed by atoms with E-state index in [0.29, 0.717) is 19.4 Å². The molecule has 2 fully saturated rings. The first-order valence-electron chi connectivity index (χ1n) is 9.31. The Morgan fingerprint density at radius 1 is 1.04 bits per heavy atom. The summed E-state index contributed by atoms with van der Waals surface area (Å²) >= 11 is 0. The molecule has 7 heteroatoms. The predicted octanol–water partition coefficient (Wildman–Crippen LogP) is 2.90. The lowest BCUT2D eigenvalue weighted by molar-refractivity contribution is -0.137. The molecular formula is C21H23NO5S. The molecule has 0 unspecified atom stereocenters. The highest BCUT2D eigenvalue weighted by Gasteiger charge is 2.52. The van der Waals surface area contributed by atoms with Gasteiger partial charge in [-0.3, -0.25) is 8.98 Å². The second-order valence-corrected chi connectivity index (χ2v) is 9.02. The van der Waals surface area contributed by atoms with Crippen molar-refractivity contribution in [2.75, 3.05) is 7.11 Å². The number of piperidine rings is 1. The van der Waals surface area contributed by atoms with Gasteiger partial charge in [0.25, 0.3) is 10.1 Å². The van der Waals surface area contributed by atoms with Crippen molar-refractivity contribution in [3.63, 3.8) is 0 Å². The van der Waals surface area contributed by atoms with Crippen LogP contribution in [0.1, 0.15) is 24.0 Å². The maximum absolute atomic E-state index is 12.7. The number of benzene rings is 2. The molecule has 4 rings (SSSR count). The first-order chi connectivity index (χ1) is 13.4. The zero-order valence-electron chi connectivity index (χ0n) is 15.9. The minimum atomic E-state index is -3.86. The zero-order valence-corrected chi connectivity index (χ0v) is 16.7. The van der Waals surface area contributed by atoms with Crippen LogP contribution in [0.15, 0.2) is 53.4 Å². The van der Waals surface area contributed by atoms with E-state index in [-0.39, 0.29) is 22.8 Å². The summed E-state index contributed by atoms with van der Waals surface area (Å²) in [7, 11) is -2.25. The number of amides is 1. The number of fused-ring (bicyclic) bond motifs is 2. The Morgan fingerprint density at radius 3 is 2.32 bits per heavy atom. The Kier molecular flexibility index (Phi) is 4.89.